The highest BCUT2D eigenvalue weighted by atomic mass is 35.5. The van der Waals surface area contributed by atoms with E-state index in [0.29, 0.717) is 37.6 Å². The van der Waals surface area contributed by atoms with Crippen LogP contribution in [0.2, 0.25) is 5.02 Å². The minimum absolute atomic E-state index is 0.0344. The molecule has 3 rings (SSSR count). The van der Waals surface area contributed by atoms with Crippen LogP contribution in [0.4, 0.5) is 10.1 Å². The molecule has 8 heteroatoms. The smallest absolute Gasteiger partial charge is 0.289 e. The van der Waals surface area contributed by atoms with Crippen LogP contribution in [0, 0.1) is 5.82 Å². The van der Waals surface area contributed by atoms with E-state index >= 15 is 0 Å². The molecule has 2 amide bonds. The Morgan fingerprint density at radius 2 is 2.04 bits per heavy atom. The lowest BCUT2D eigenvalue weighted by molar-refractivity contribution is -0.917. The average molecular weight is 381 g/mol. The predicted molar refractivity (Wildman–Crippen MR) is 94.8 cm³/mol. The Bertz CT molecular complexity index is 789. The second kappa shape index (κ2) is 7.88. The molecule has 138 valence electrons. The van der Waals surface area contributed by atoms with Gasteiger partial charge in [0.2, 0.25) is 0 Å². The molecule has 0 saturated carbocycles. The monoisotopic (exact) mass is 380 g/mol. The maximum absolute atomic E-state index is 13.2. The molecule has 1 aromatic carbocycles. The van der Waals surface area contributed by atoms with Gasteiger partial charge in [0.15, 0.2) is 11.8 Å². The van der Waals surface area contributed by atoms with Crippen molar-refractivity contribution in [2.45, 2.75) is 13.0 Å². The third-order valence-electron chi connectivity index (χ3n) is 4.62. The molecular weight excluding hydrogens is 361 g/mol. The Hall–Kier alpha value is -2.38. The first kappa shape index (κ1) is 18.4. The van der Waals surface area contributed by atoms with Crippen molar-refractivity contribution in [3.8, 4) is 0 Å². The van der Waals surface area contributed by atoms with Crippen molar-refractivity contribution in [1.82, 2.24) is 4.90 Å². The molecule has 1 atom stereocenters. The Morgan fingerprint density at radius 1 is 1.31 bits per heavy atom. The minimum atomic E-state index is -0.527. The third kappa shape index (κ3) is 4.05. The molecule has 0 aliphatic carbocycles. The summed E-state index contributed by atoms with van der Waals surface area (Å²) in [6.07, 6.45) is 1.48. The molecule has 6 nitrogen and oxygen atoms in total. The van der Waals surface area contributed by atoms with Gasteiger partial charge in [-0.25, -0.2) is 4.39 Å². The van der Waals surface area contributed by atoms with Gasteiger partial charge in [-0.05, 0) is 37.3 Å². The van der Waals surface area contributed by atoms with Crippen molar-refractivity contribution in [3.63, 3.8) is 0 Å². The number of piperazine rings is 1. The number of nitrogens with zero attached hydrogens (tertiary/aromatic N) is 1. The standard InChI is InChI=1S/C18H19ClFN3O3/c1-12(17(24)21-13-4-5-15(20)14(19)11-13)22-6-8-23(9-7-22)18(25)16-3-2-10-26-16/h2-5,10-12H,6-9H2,1H3,(H,21,24)/p+1/t12-/m1/s1. The van der Waals surface area contributed by atoms with Gasteiger partial charge in [-0.3, -0.25) is 9.59 Å². The number of amides is 2. The third-order valence-corrected chi connectivity index (χ3v) is 4.91. The summed E-state index contributed by atoms with van der Waals surface area (Å²) in [5.74, 6) is -0.506. The van der Waals surface area contributed by atoms with E-state index in [9.17, 15) is 14.0 Å². The van der Waals surface area contributed by atoms with Crippen molar-refractivity contribution in [2.24, 2.45) is 0 Å². The SMILES string of the molecule is C[C@H](C(=O)Nc1ccc(F)c(Cl)c1)[NH+]1CCN(C(=O)c2ccco2)CC1. The number of halogens is 2. The van der Waals surface area contributed by atoms with E-state index in [1.807, 2.05) is 6.92 Å². The van der Waals surface area contributed by atoms with Crippen LogP contribution in [-0.2, 0) is 4.79 Å². The molecule has 1 aliphatic rings. The zero-order valence-electron chi connectivity index (χ0n) is 14.3. The summed E-state index contributed by atoms with van der Waals surface area (Å²) in [6, 6.07) is 7.10. The maximum atomic E-state index is 13.2. The van der Waals surface area contributed by atoms with Crippen LogP contribution in [0.3, 0.4) is 0 Å². The summed E-state index contributed by atoms with van der Waals surface area (Å²) in [5, 5.41) is 2.72. The van der Waals surface area contributed by atoms with Gasteiger partial charge in [0.1, 0.15) is 5.82 Å². The van der Waals surface area contributed by atoms with E-state index < -0.39 is 5.82 Å². The number of carbonyl (C=O) groups excluding carboxylic acids is 2. The molecule has 2 heterocycles. The zero-order valence-corrected chi connectivity index (χ0v) is 15.1. The van der Waals surface area contributed by atoms with Gasteiger partial charge >= 0.3 is 0 Å². The first-order chi connectivity index (χ1) is 12.5. The summed E-state index contributed by atoms with van der Waals surface area (Å²) in [7, 11) is 0. The van der Waals surface area contributed by atoms with Crippen LogP contribution < -0.4 is 10.2 Å². The van der Waals surface area contributed by atoms with Crippen molar-refractivity contribution >= 4 is 29.1 Å². The van der Waals surface area contributed by atoms with Crippen LogP contribution >= 0.6 is 11.6 Å². The highest BCUT2D eigenvalue weighted by molar-refractivity contribution is 6.31. The second-order valence-corrected chi connectivity index (χ2v) is 6.67. The molecule has 0 spiro atoms. The molecule has 1 fully saturated rings. The van der Waals surface area contributed by atoms with Gasteiger partial charge < -0.3 is 19.5 Å². The first-order valence-electron chi connectivity index (χ1n) is 8.39. The largest absolute Gasteiger partial charge is 0.459 e. The number of quaternary nitrogens is 1. The van der Waals surface area contributed by atoms with Crippen molar-refractivity contribution in [3.05, 3.63) is 53.2 Å². The van der Waals surface area contributed by atoms with E-state index in [1.165, 1.54) is 24.5 Å². The van der Waals surface area contributed by atoms with E-state index in [0.717, 1.165) is 4.90 Å². The van der Waals surface area contributed by atoms with Gasteiger partial charge in [-0.1, -0.05) is 11.6 Å². The Kier molecular flexibility index (Phi) is 5.58. The number of hydrogen-bond donors (Lipinski definition) is 2. The first-order valence-corrected chi connectivity index (χ1v) is 8.77. The fourth-order valence-electron chi connectivity index (χ4n) is 3.00. The zero-order chi connectivity index (χ0) is 18.7. The predicted octanol–water partition coefficient (Wildman–Crippen LogP) is 1.44. The van der Waals surface area contributed by atoms with Gasteiger partial charge in [-0.15, -0.1) is 0 Å². The normalized spacial score (nSPS) is 16.3. The summed E-state index contributed by atoms with van der Waals surface area (Å²) >= 11 is 5.74. The number of furan rings is 1. The molecular formula is C18H20ClFN3O3+. The maximum Gasteiger partial charge on any atom is 0.289 e. The molecule has 26 heavy (non-hydrogen) atoms. The average Bonchev–Trinajstić information content (AvgIpc) is 3.18. The topological polar surface area (TPSA) is 67.0 Å². The highest BCUT2D eigenvalue weighted by Gasteiger charge is 2.31. The lowest BCUT2D eigenvalue weighted by Crippen LogP contribution is -3.19. The molecule has 2 N–H and O–H groups in total. The second-order valence-electron chi connectivity index (χ2n) is 6.27. The molecule has 0 bridgehead atoms. The van der Waals surface area contributed by atoms with Gasteiger partial charge in [0.25, 0.3) is 11.8 Å². The van der Waals surface area contributed by atoms with Crippen LogP contribution in [0.1, 0.15) is 17.5 Å². The molecule has 2 aromatic rings. The fraction of sp³-hybridized carbons (Fsp3) is 0.333. The van der Waals surface area contributed by atoms with Crippen molar-refractivity contribution in [2.75, 3.05) is 31.5 Å². The molecule has 1 aromatic heterocycles. The van der Waals surface area contributed by atoms with Gasteiger partial charge in [0.05, 0.1) is 37.5 Å². The van der Waals surface area contributed by atoms with Crippen LogP contribution in [0.25, 0.3) is 0 Å². The van der Waals surface area contributed by atoms with Gasteiger partial charge in [-0.2, -0.15) is 0 Å². The number of nitrogens with one attached hydrogen (secondary N) is 2. The minimum Gasteiger partial charge on any atom is -0.459 e. The number of rotatable bonds is 4. The van der Waals surface area contributed by atoms with Gasteiger partial charge in [0, 0.05) is 5.69 Å². The summed E-state index contributed by atoms with van der Waals surface area (Å²) < 4.78 is 18.3. The van der Waals surface area contributed by atoms with E-state index in [2.05, 4.69) is 5.32 Å². The van der Waals surface area contributed by atoms with Crippen LogP contribution in [0.5, 0.6) is 0 Å². The van der Waals surface area contributed by atoms with Crippen LogP contribution in [0.15, 0.2) is 41.0 Å². The lowest BCUT2D eigenvalue weighted by atomic mass is 10.2. The number of carbonyl (C=O) groups is 2. The number of hydrogen-bond acceptors (Lipinski definition) is 3. The molecule has 0 radical (unpaired) electrons. The van der Waals surface area contributed by atoms with Crippen molar-refractivity contribution < 1.29 is 23.3 Å². The Labute approximate surface area is 155 Å². The van der Waals surface area contributed by atoms with E-state index in [1.54, 1.807) is 17.0 Å². The Morgan fingerprint density at radius 3 is 2.65 bits per heavy atom. The number of anilines is 1. The quantitative estimate of drug-likeness (QED) is 0.843. The van der Waals surface area contributed by atoms with E-state index in [-0.39, 0.29) is 22.9 Å². The van der Waals surface area contributed by atoms with Crippen LogP contribution in [-0.4, -0.2) is 48.9 Å². The van der Waals surface area contributed by atoms with E-state index in [4.69, 9.17) is 16.0 Å². The fourth-order valence-corrected chi connectivity index (χ4v) is 3.18. The Balaban J connectivity index is 1.54. The number of benzene rings is 1. The summed E-state index contributed by atoms with van der Waals surface area (Å²) in [4.78, 5) is 27.5. The molecule has 1 saturated heterocycles. The lowest BCUT2D eigenvalue weighted by Gasteiger charge is -2.34. The summed E-state index contributed by atoms with van der Waals surface area (Å²) in [6.45, 7) is 4.25. The highest BCUT2D eigenvalue weighted by Crippen LogP contribution is 2.19. The van der Waals surface area contributed by atoms with Crippen molar-refractivity contribution in [1.29, 1.82) is 0 Å². The summed E-state index contributed by atoms with van der Waals surface area (Å²) in [5.41, 5.74) is 0.458. The molecule has 0 unspecified atom stereocenters. The molecule has 1 aliphatic heterocycles.